The molecule has 0 aliphatic heterocycles. The standard InChI is InChI=1S/C17H25BrN2O4/c1-19-13(21)8-20-14(22)9-24-15(23)7-16-3-11-2-12(4-16)6-17(18,5-11)10-16/h11-12H,2-10H2,1H3,(H,19,21)(H,20,22)/t11-,12-,16?,17?/m0/s1. The van der Waals surface area contributed by atoms with Crippen LogP contribution in [0.5, 0.6) is 0 Å². The summed E-state index contributed by atoms with van der Waals surface area (Å²) in [6.45, 7) is -0.426. The van der Waals surface area contributed by atoms with E-state index in [0.29, 0.717) is 18.3 Å². The van der Waals surface area contributed by atoms with E-state index in [2.05, 4.69) is 26.6 Å². The van der Waals surface area contributed by atoms with Crippen LogP contribution in [0.1, 0.15) is 44.9 Å². The number of likely N-dealkylation sites (N-methyl/N-ethyl adjacent to an activating group) is 1. The van der Waals surface area contributed by atoms with Crippen LogP contribution in [0.15, 0.2) is 0 Å². The number of alkyl halides is 1. The monoisotopic (exact) mass is 400 g/mol. The van der Waals surface area contributed by atoms with Crippen molar-refractivity contribution >= 4 is 33.7 Å². The van der Waals surface area contributed by atoms with Crippen molar-refractivity contribution in [3.8, 4) is 0 Å². The molecule has 4 fully saturated rings. The van der Waals surface area contributed by atoms with E-state index in [4.69, 9.17) is 4.74 Å². The van der Waals surface area contributed by atoms with Gasteiger partial charge < -0.3 is 15.4 Å². The lowest BCUT2D eigenvalue weighted by molar-refractivity contribution is -0.154. The van der Waals surface area contributed by atoms with Gasteiger partial charge in [0.15, 0.2) is 6.61 Å². The van der Waals surface area contributed by atoms with Gasteiger partial charge in [-0.3, -0.25) is 14.4 Å². The zero-order valence-electron chi connectivity index (χ0n) is 14.0. The van der Waals surface area contributed by atoms with Gasteiger partial charge in [-0.05, 0) is 55.8 Å². The lowest BCUT2D eigenvalue weighted by Crippen LogP contribution is -2.53. The first-order valence-corrected chi connectivity index (χ1v) is 9.43. The van der Waals surface area contributed by atoms with Gasteiger partial charge >= 0.3 is 5.97 Å². The van der Waals surface area contributed by atoms with Gasteiger partial charge in [-0.25, -0.2) is 0 Å². The van der Waals surface area contributed by atoms with E-state index < -0.39 is 5.91 Å². The highest BCUT2D eigenvalue weighted by Gasteiger charge is 2.57. The first-order valence-electron chi connectivity index (χ1n) is 8.63. The summed E-state index contributed by atoms with van der Waals surface area (Å²) < 4.78 is 5.35. The molecule has 0 saturated heterocycles. The van der Waals surface area contributed by atoms with Crippen molar-refractivity contribution < 1.29 is 19.1 Å². The molecule has 134 valence electrons. The van der Waals surface area contributed by atoms with Crippen LogP contribution in [0.3, 0.4) is 0 Å². The van der Waals surface area contributed by atoms with E-state index in [-0.39, 0.29) is 34.8 Å². The Kier molecular flexibility index (Phi) is 4.91. The van der Waals surface area contributed by atoms with Crippen LogP contribution >= 0.6 is 15.9 Å². The molecule has 2 N–H and O–H groups in total. The summed E-state index contributed by atoms with van der Waals surface area (Å²) in [6.07, 6.45) is 7.39. The number of carbonyl (C=O) groups excluding carboxylic acids is 3. The molecular weight excluding hydrogens is 376 g/mol. The molecule has 0 aromatic heterocycles. The van der Waals surface area contributed by atoms with Crippen molar-refractivity contribution in [2.45, 2.75) is 49.3 Å². The lowest BCUT2D eigenvalue weighted by Gasteiger charge is -2.60. The molecule has 4 bridgehead atoms. The highest BCUT2D eigenvalue weighted by Crippen LogP contribution is 2.65. The molecule has 4 rings (SSSR count). The maximum atomic E-state index is 12.2. The average molecular weight is 401 g/mol. The summed E-state index contributed by atoms with van der Waals surface area (Å²) in [5.74, 6) is 0.395. The number of hydrogen-bond donors (Lipinski definition) is 2. The first kappa shape index (κ1) is 17.7. The Morgan fingerprint density at radius 1 is 1.12 bits per heavy atom. The number of nitrogens with one attached hydrogen (secondary N) is 2. The zero-order chi connectivity index (χ0) is 17.4. The van der Waals surface area contributed by atoms with Gasteiger partial charge in [0, 0.05) is 11.4 Å². The van der Waals surface area contributed by atoms with Crippen LogP contribution in [0.4, 0.5) is 0 Å². The highest BCUT2D eigenvalue weighted by atomic mass is 79.9. The smallest absolute Gasteiger partial charge is 0.306 e. The molecule has 4 aliphatic rings. The van der Waals surface area contributed by atoms with Crippen molar-refractivity contribution in [1.29, 1.82) is 0 Å². The minimum absolute atomic E-state index is 0.0449. The Bertz CT molecular complexity index is 537. The molecule has 2 atom stereocenters. The summed E-state index contributed by atoms with van der Waals surface area (Å²) in [5.41, 5.74) is 0.0449. The lowest BCUT2D eigenvalue weighted by atomic mass is 9.49. The van der Waals surface area contributed by atoms with E-state index in [1.54, 1.807) is 0 Å². The van der Waals surface area contributed by atoms with Crippen molar-refractivity contribution in [1.82, 2.24) is 10.6 Å². The molecule has 4 saturated carbocycles. The Hall–Kier alpha value is -1.11. The second-order valence-electron chi connectivity index (χ2n) is 7.90. The molecule has 0 spiro atoms. The molecule has 0 radical (unpaired) electrons. The van der Waals surface area contributed by atoms with Gasteiger partial charge in [-0.2, -0.15) is 0 Å². The normalized spacial score (nSPS) is 36.2. The summed E-state index contributed by atoms with van der Waals surface area (Å²) >= 11 is 3.93. The molecule has 0 unspecified atom stereocenters. The van der Waals surface area contributed by atoms with E-state index in [0.717, 1.165) is 19.3 Å². The van der Waals surface area contributed by atoms with Gasteiger partial charge in [-0.15, -0.1) is 0 Å². The van der Waals surface area contributed by atoms with Gasteiger partial charge in [0.1, 0.15) is 0 Å². The van der Waals surface area contributed by atoms with Gasteiger partial charge in [-0.1, -0.05) is 15.9 Å². The van der Waals surface area contributed by atoms with Gasteiger partial charge in [0.2, 0.25) is 5.91 Å². The molecule has 0 heterocycles. The molecule has 0 aromatic rings. The third-order valence-corrected chi connectivity index (χ3v) is 6.65. The maximum absolute atomic E-state index is 12.2. The van der Waals surface area contributed by atoms with Crippen LogP contribution in [0.2, 0.25) is 0 Å². The second-order valence-corrected chi connectivity index (χ2v) is 9.58. The summed E-state index contributed by atoms with van der Waals surface area (Å²) in [6, 6.07) is 0. The minimum Gasteiger partial charge on any atom is -0.456 e. The van der Waals surface area contributed by atoms with Gasteiger partial charge in [0.25, 0.3) is 5.91 Å². The molecule has 2 amide bonds. The average Bonchev–Trinajstić information content (AvgIpc) is 2.47. The molecule has 24 heavy (non-hydrogen) atoms. The van der Waals surface area contributed by atoms with Crippen molar-refractivity contribution in [2.75, 3.05) is 20.2 Å². The van der Waals surface area contributed by atoms with E-state index in [9.17, 15) is 14.4 Å². The molecular formula is C17H25BrN2O4. The summed E-state index contributed by atoms with van der Waals surface area (Å²) in [5, 5.41) is 4.83. The number of halogens is 1. The molecule has 6 nitrogen and oxygen atoms in total. The number of amides is 2. The predicted molar refractivity (Wildman–Crippen MR) is 91.4 cm³/mol. The molecule has 7 heteroatoms. The van der Waals surface area contributed by atoms with E-state index in [1.165, 1.54) is 26.3 Å². The Morgan fingerprint density at radius 2 is 1.79 bits per heavy atom. The topological polar surface area (TPSA) is 84.5 Å². The third kappa shape index (κ3) is 3.92. The minimum atomic E-state index is -0.450. The summed E-state index contributed by atoms with van der Waals surface area (Å²) in [7, 11) is 1.50. The van der Waals surface area contributed by atoms with Crippen molar-refractivity contribution in [3.05, 3.63) is 0 Å². The first-order chi connectivity index (χ1) is 11.3. The van der Waals surface area contributed by atoms with Gasteiger partial charge in [0.05, 0.1) is 13.0 Å². The summed E-state index contributed by atoms with van der Waals surface area (Å²) in [4.78, 5) is 34.9. The number of carbonyl (C=O) groups is 3. The van der Waals surface area contributed by atoms with Crippen LogP contribution in [0, 0.1) is 17.3 Å². The second kappa shape index (κ2) is 6.65. The predicted octanol–water partition coefficient (Wildman–Crippen LogP) is 1.52. The van der Waals surface area contributed by atoms with Crippen LogP contribution < -0.4 is 10.6 Å². The fourth-order valence-electron chi connectivity index (χ4n) is 5.36. The number of rotatable bonds is 6. The van der Waals surface area contributed by atoms with Crippen LogP contribution in [-0.2, 0) is 19.1 Å². The highest BCUT2D eigenvalue weighted by molar-refractivity contribution is 9.10. The SMILES string of the molecule is CNC(=O)CNC(=O)COC(=O)CC12C[C@@H]3C[C@H](CC(Br)(C3)C1)C2. The van der Waals surface area contributed by atoms with Crippen molar-refractivity contribution in [2.24, 2.45) is 17.3 Å². The molecule has 4 aliphatic carbocycles. The van der Waals surface area contributed by atoms with Crippen LogP contribution in [-0.4, -0.2) is 42.3 Å². The third-order valence-electron chi connectivity index (χ3n) is 5.72. The zero-order valence-corrected chi connectivity index (χ0v) is 15.6. The Balaban J connectivity index is 1.47. The molecule has 0 aromatic carbocycles. The maximum Gasteiger partial charge on any atom is 0.306 e. The fourth-order valence-corrected chi connectivity index (χ4v) is 6.87. The van der Waals surface area contributed by atoms with Crippen LogP contribution in [0.25, 0.3) is 0 Å². The number of ether oxygens (including phenoxy) is 1. The van der Waals surface area contributed by atoms with Crippen molar-refractivity contribution in [3.63, 3.8) is 0 Å². The Labute approximate surface area is 150 Å². The Morgan fingerprint density at radius 3 is 2.38 bits per heavy atom. The quantitative estimate of drug-likeness (QED) is 0.522. The number of esters is 1. The number of hydrogen-bond acceptors (Lipinski definition) is 4. The van der Waals surface area contributed by atoms with E-state index in [1.807, 2.05) is 0 Å². The fraction of sp³-hybridized carbons (Fsp3) is 0.824. The van der Waals surface area contributed by atoms with E-state index >= 15 is 0 Å². The largest absolute Gasteiger partial charge is 0.456 e.